The summed E-state index contributed by atoms with van der Waals surface area (Å²) in [5.74, 6) is 0. The summed E-state index contributed by atoms with van der Waals surface area (Å²) < 4.78 is 60.7. The van der Waals surface area contributed by atoms with Crippen molar-refractivity contribution in [2.24, 2.45) is 0 Å². The van der Waals surface area contributed by atoms with Crippen LogP contribution < -0.4 is 0 Å². The maximum Gasteiger partial charge on any atom is 0.523 e. The summed E-state index contributed by atoms with van der Waals surface area (Å²) in [5.41, 5.74) is -5.30. The van der Waals surface area contributed by atoms with Gasteiger partial charge in [-0.25, -0.2) is 0 Å². The first kappa shape index (κ1) is 16.1. The fourth-order valence-electron chi connectivity index (χ4n) is 0.299. The Morgan fingerprint density at radius 3 is 1.50 bits per heavy atom. The van der Waals surface area contributed by atoms with Crippen LogP contribution in [0.3, 0.4) is 0 Å². The van der Waals surface area contributed by atoms with Crippen LogP contribution in [0.1, 0.15) is 13.8 Å². The first-order valence-corrected chi connectivity index (χ1v) is 5.08. The number of rotatable bonds is 3. The fourth-order valence-corrected chi connectivity index (χ4v) is 0.488. The van der Waals surface area contributed by atoms with Crippen molar-refractivity contribution >= 4 is 10.1 Å². The number of ether oxygens (including phenoxy) is 1. The predicted octanol–water partition coefficient (Wildman–Crippen LogP) is 1.53. The van der Waals surface area contributed by atoms with Gasteiger partial charge in [-0.2, -0.15) is 21.6 Å². The second-order valence-electron chi connectivity index (χ2n) is 1.85. The molecule has 0 spiro atoms. The van der Waals surface area contributed by atoms with Crippen LogP contribution in [0.25, 0.3) is 0 Å². The molecule has 0 aromatic heterocycles. The molecule has 0 atom stereocenters. The van der Waals surface area contributed by atoms with Gasteiger partial charge in [-0.15, -0.1) is 0 Å². The average Bonchev–Trinajstić information content (AvgIpc) is 2.05. The molecule has 0 radical (unpaired) electrons. The molecule has 0 aliphatic carbocycles. The summed E-state index contributed by atoms with van der Waals surface area (Å²) in [5, 5.41) is 0. The lowest BCUT2D eigenvalue weighted by molar-refractivity contribution is -0.0526. The summed E-state index contributed by atoms with van der Waals surface area (Å²) in [6.45, 7) is 5.67. The van der Waals surface area contributed by atoms with Gasteiger partial charge in [-0.1, -0.05) is 0 Å². The quantitative estimate of drug-likeness (QED) is 0.552. The van der Waals surface area contributed by atoms with Crippen molar-refractivity contribution in [2.45, 2.75) is 19.4 Å². The summed E-state index contributed by atoms with van der Waals surface area (Å²) in [7, 11) is -4.89. The molecule has 0 saturated carbocycles. The zero-order valence-corrected chi connectivity index (χ0v) is 8.91. The standard InChI is InChI=1S/C4H10O.C2H3F3O3S/c1-3-5-4-2;1-8-9(6,7)2(3,4)5/h3-4H2,1-2H3;1H3. The number of alkyl halides is 3. The summed E-state index contributed by atoms with van der Waals surface area (Å²) in [6.07, 6.45) is 0. The van der Waals surface area contributed by atoms with E-state index in [9.17, 15) is 21.6 Å². The largest absolute Gasteiger partial charge is 0.523 e. The highest BCUT2D eigenvalue weighted by Gasteiger charge is 2.46. The van der Waals surface area contributed by atoms with Crippen molar-refractivity contribution in [3.05, 3.63) is 0 Å². The van der Waals surface area contributed by atoms with E-state index in [4.69, 9.17) is 4.74 Å². The molecule has 88 valence electrons. The maximum absolute atomic E-state index is 11.1. The second kappa shape index (κ2) is 7.02. The molecule has 0 unspecified atom stereocenters. The van der Waals surface area contributed by atoms with E-state index in [1.165, 1.54) is 0 Å². The molecule has 0 amide bonds. The van der Waals surface area contributed by atoms with Gasteiger partial charge in [0.15, 0.2) is 0 Å². The third kappa shape index (κ3) is 7.10. The highest BCUT2D eigenvalue weighted by molar-refractivity contribution is 7.87. The molecule has 0 aliphatic heterocycles. The van der Waals surface area contributed by atoms with Crippen LogP contribution in [0.5, 0.6) is 0 Å². The van der Waals surface area contributed by atoms with Crippen molar-refractivity contribution in [1.82, 2.24) is 0 Å². The van der Waals surface area contributed by atoms with Crippen LogP contribution in [0, 0.1) is 0 Å². The van der Waals surface area contributed by atoms with E-state index in [0.717, 1.165) is 13.2 Å². The Hall–Kier alpha value is -0.340. The van der Waals surface area contributed by atoms with E-state index in [1.807, 2.05) is 13.8 Å². The normalized spacial score (nSPS) is 11.9. The third-order valence-corrected chi connectivity index (χ3v) is 1.92. The fraction of sp³-hybridized carbons (Fsp3) is 1.00. The van der Waals surface area contributed by atoms with Gasteiger partial charge in [0, 0.05) is 13.2 Å². The van der Waals surface area contributed by atoms with Crippen molar-refractivity contribution in [2.75, 3.05) is 20.3 Å². The minimum atomic E-state index is -5.34. The SMILES string of the molecule is CCOCC.COS(=O)(=O)C(F)(F)F. The topological polar surface area (TPSA) is 52.6 Å². The molecule has 0 aromatic rings. The Balaban J connectivity index is 0. The van der Waals surface area contributed by atoms with Crippen LogP contribution in [0.2, 0.25) is 0 Å². The molecule has 0 rings (SSSR count). The van der Waals surface area contributed by atoms with Crippen LogP contribution in [-0.2, 0) is 19.0 Å². The highest BCUT2D eigenvalue weighted by atomic mass is 32.2. The molecular weight excluding hydrogens is 225 g/mol. The number of hydrogen-bond donors (Lipinski definition) is 0. The zero-order chi connectivity index (χ0) is 11.8. The minimum absolute atomic E-state index is 0.447. The van der Waals surface area contributed by atoms with Crippen LogP contribution in [0.4, 0.5) is 13.2 Å². The van der Waals surface area contributed by atoms with Crippen molar-refractivity contribution in [1.29, 1.82) is 0 Å². The lowest BCUT2D eigenvalue weighted by Crippen LogP contribution is -2.23. The van der Waals surface area contributed by atoms with Crippen LogP contribution in [-0.4, -0.2) is 34.2 Å². The molecular formula is C6H13F3O4S. The van der Waals surface area contributed by atoms with Gasteiger partial charge in [0.1, 0.15) is 0 Å². The highest BCUT2D eigenvalue weighted by Crippen LogP contribution is 2.23. The van der Waals surface area contributed by atoms with E-state index in [2.05, 4.69) is 4.18 Å². The third-order valence-electron chi connectivity index (χ3n) is 0.911. The average molecular weight is 238 g/mol. The summed E-state index contributed by atoms with van der Waals surface area (Å²) in [4.78, 5) is 0. The Bertz CT molecular complexity index is 220. The lowest BCUT2D eigenvalue weighted by Gasteiger charge is -2.02. The van der Waals surface area contributed by atoms with Crippen molar-refractivity contribution in [3.63, 3.8) is 0 Å². The molecule has 8 heteroatoms. The van der Waals surface area contributed by atoms with Crippen molar-refractivity contribution < 1.29 is 30.5 Å². The van der Waals surface area contributed by atoms with Gasteiger partial charge < -0.3 is 4.74 Å². The molecule has 4 nitrogen and oxygen atoms in total. The van der Waals surface area contributed by atoms with Gasteiger partial charge in [0.05, 0.1) is 7.11 Å². The Morgan fingerprint density at radius 2 is 1.50 bits per heavy atom. The van der Waals surface area contributed by atoms with E-state index in [1.54, 1.807) is 0 Å². The number of hydrogen-bond acceptors (Lipinski definition) is 4. The smallest absolute Gasteiger partial charge is 0.382 e. The summed E-state index contributed by atoms with van der Waals surface area (Å²) in [6, 6.07) is 0. The zero-order valence-electron chi connectivity index (χ0n) is 8.09. The summed E-state index contributed by atoms with van der Waals surface area (Å²) >= 11 is 0. The lowest BCUT2D eigenvalue weighted by atomic mass is 10.8. The minimum Gasteiger partial charge on any atom is -0.382 e. The molecule has 14 heavy (non-hydrogen) atoms. The van der Waals surface area contributed by atoms with E-state index in [0.29, 0.717) is 7.11 Å². The molecule has 0 heterocycles. The molecule has 0 N–H and O–H groups in total. The Morgan fingerprint density at radius 1 is 1.14 bits per heavy atom. The molecule has 0 saturated heterocycles. The first-order chi connectivity index (χ1) is 6.22. The Labute approximate surface area is 81.1 Å². The van der Waals surface area contributed by atoms with E-state index < -0.39 is 15.6 Å². The monoisotopic (exact) mass is 238 g/mol. The van der Waals surface area contributed by atoms with Crippen LogP contribution >= 0.6 is 0 Å². The van der Waals surface area contributed by atoms with E-state index in [-0.39, 0.29) is 0 Å². The molecule has 0 bridgehead atoms. The first-order valence-electron chi connectivity index (χ1n) is 3.67. The van der Waals surface area contributed by atoms with Gasteiger partial charge in [-0.05, 0) is 13.8 Å². The second-order valence-corrected chi connectivity index (χ2v) is 3.55. The van der Waals surface area contributed by atoms with E-state index >= 15 is 0 Å². The maximum atomic E-state index is 11.1. The van der Waals surface area contributed by atoms with Crippen LogP contribution in [0.15, 0.2) is 0 Å². The van der Waals surface area contributed by atoms with Gasteiger partial charge in [0.25, 0.3) is 0 Å². The van der Waals surface area contributed by atoms with Crippen molar-refractivity contribution in [3.8, 4) is 0 Å². The predicted molar refractivity (Wildman–Crippen MR) is 44.2 cm³/mol. The van der Waals surface area contributed by atoms with Gasteiger partial charge >= 0.3 is 15.6 Å². The van der Waals surface area contributed by atoms with Gasteiger partial charge in [0.2, 0.25) is 0 Å². The Kier molecular flexibility index (Phi) is 8.07. The number of halogens is 3. The van der Waals surface area contributed by atoms with Gasteiger partial charge in [-0.3, -0.25) is 4.18 Å². The molecule has 0 aromatic carbocycles. The molecule has 0 aliphatic rings. The molecule has 0 fully saturated rings.